The van der Waals surface area contributed by atoms with Crippen molar-refractivity contribution in [3.05, 3.63) is 59.4 Å². The highest BCUT2D eigenvalue weighted by atomic mass is 35.5. The summed E-state index contributed by atoms with van der Waals surface area (Å²) in [5.74, 6) is -0.355. The van der Waals surface area contributed by atoms with Gasteiger partial charge < -0.3 is 15.1 Å². The van der Waals surface area contributed by atoms with Gasteiger partial charge in [0.2, 0.25) is 0 Å². The number of halogens is 2. The lowest BCUT2D eigenvalue weighted by molar-refractivity contribution is -0.914. The quantitative estimate of drug-likeness (QED) is 0.875. The fourth-order valence-corrected chi connectivity index (χ4v) is 3.31. The van der Waals surface area contributed by atoms with Crippen molar-refractivity contribution in [2.45, 2.75) is 13.0 Å². The second-order valence-corrected chi connectivity index (χ2v) is 6.78. The molecular formula is C19H22ClFN3O+. The Morgan fingerprint density at radius 3 is 2.52 bits per heavy atom. The van der Waals surface area contributed by atoms with Crippen LogP contribution in [0, 0.1) is 5.82 Å². The lowest BCUT2D eigenvalue weighted by Gasteiger charge is -2.36. The molecule has 4 nitrogen and oxygen atoms in total. The molecule has 1 atom stereocenters. The van der Waals surface area contributed by atoms with Crippen molar-refractivity contribution in [2.75, 3.05) is 36.4 Å². The number of hydrogen-bond acceptors (Lipinski definition) is 2. The molecule has 0 radical (unpaired) electrons. The minimum absolute atomic E-state index is 0.0437. The average molecular weight is 363 g/mol. The number of hydrogen-bond donors (Lipinski definition) is 2. The van der Waals surface area contributed by atoms with Crippen LogP contribution in [0.3, 0.4) is 0 Å². The maximum Gasteiger partial charge on any atom is 0.282 e. The Hall–Kier alpha value is -2.11. The van der Waals surface area contributed by atoms with Crippen molar-refractivity contribution in [3.8, 4) is 0 Å². The number of nitrogens with zero attached hydrogens (tertiary/aromatic N) is 1. The summed E-state index contributed by atoms with van der Waals surface area (Å²) < 4.78 is 12.9. The van der Waals surface area contributed by atoms with Crippen molar-refractivity contribution < 1.29 is 14.1 Å². The Morgan fingerprint density at radius 2 is 1.88 bits per heavy atom. The molecular weight excluding hydrogens is 341 g/mol. The van der Waals surface area contributed by atoms with E-state index >= 15 is 0 Å². The predicted octanol–water partition coefficient (Wildman–Crippen LogP) is 2.21. The number of benzene rings is 2. The lowest BCUT2D eigenvalue weighted by atomic mass is 10.2. The molecule has 1 amide bonds. The molecule has 2 N–H and O–H groups in total. The van der Waals surface area contributed by atoms with Crippen molar-refractivity contribution in [1.29, 1.82) is 0 Å². The van der Waals surface area contributed by atoms with Crippen LogP contribution in [-0.4, -0.2) is 38.1 Å². The number of anilines is 2. The smallest absolute Gasteiger partial charge is 0.282 e. The Kier molecular flexibility index (Phi) is 5.56. The second kappa shape index (κ2) is 7.85. The summed E-state index contributed by atoms with van der Waals surface area (Å²) in [4.78, 5) is 16.0. The highest BCUT2D eigenvalue weighted by Gasteiger charge is 2.29. The molecule has 2 aromatic rings. The molecule has 0 aromatic heterocycles. The number of carbonyl (C=O) groups is 1. The van der Waals surface area contributed by atoms with Crippen LogP contribution in [-0.2, 0) is 4.79 Å². The second-order valence-electron chi connectivity index (χ2n) is 6.34. The maximum absolute atomic E-state index is 12.9. The standard InChI is InChI=1S/C19H21ClFN3O/c1-14(19(25)22-17-7-5-16(21)6-8-17)23-9-11-24(12-10-23)18-4-2-3-15(20)13-18/h2-8,13-14H,9-12H2,1H3,(H,22,25)/p+1/t14-/m1/s1. The van der Waals surface area contributed by atoms with E-state index in [1.165, 1.54) is 17.0 Å². The SMILES string of the molecule is C[C@H](C(=O)Nc1ccc(F)cc1)[NH+]1CCN(c2cccc(Cl)c2)CC1. The first-order valence-corrected chi connectivity index (χ1v) is 8.82. The first-order valence-electron chi connectivity index (χ1n) is 8.44. The molecule has 1 fully saturated rings. The number of carbonyl (C=O) groups excluding carboxylic acids is 1. The van der Waals surface area contributed by atoms with Crippen LogP contribution in [0.15, 0.2) is 48.5 Å². The number of amides is 1. The summed E-state index contributed by atoms with van der Waals surface area (Å²) in [7, 11) is 0. The van der Waals surface area contributed by atoms with Crippen molar-refractivity contribution in [3.63, 3.8) is 0 Å². The predicted molar refractivity (Wildman–Crippen MR) is 98.9 cm³/mol. The molecule has 25 heavy (non-hydrogen) atoms. The average Bonchev–Trinajstić information content (AvgIpc) is 2.63. The third kappa shape index (κ3) is 4.50. The zero-order chi connectivity index (χ0) is 17.8. The van der Waals surface area contributed by atoms with Crippen LogP contribution in [0.25, 0.3) is 0 Å². The van der Waals surface area contributed by atoms with E-state index in [2.05, 4.69) is 16.3 Å². The highest BCUT2D eigenvalue weighted by molar-refractivity contribution is 6.30. The van der Waals surface area contributed by atoms with E-state index in [4.69, 9.17) is 11.6 Å². The largest absolute Gasteiger partial charge is 0.360 e. The van der Waals surface area contributed by atoms with Gasteiger partial charge in [-0.3, -0.25) is 4.79 Å². The number of piperazine rings is 1. The molecule has 3 rings (SSSR count). The Morgan fingerprint density at radius 1 is 1.20 bits per heavy atom. The number of quaternary nitrogens is 1. The van der Waals surface area contributed by atoms with Crippen molar-refractivity contribution in [2.24, 2.45) is 0 Å². The van der Waals surface area contributed by atoms with Crippen LogP contribution < -0.4 is 15.1 Å². The number of rotatable bonds is 4. The maximum atomic E-state index is 12.9. The fraction of sp³-hybridized carbons (Fsp3) is 0.316. The minimum atomic E-state index is -0.311. The monoisotopic (exact) mass is 362 g/mol. The molecule has 0 spiro atoms. The van der Waals surface area contributed by atoms with Gasteiger partial charge in [0.05, 0.1) is 26.2 Å². The minimum Gasteiger partial charge on any atom is -0.360 e. The van der Waals surface area contributed by atoms with Gasteiger partial charge in [0.1, 0.15) is 5.82 Å². The first-order chi connectivity index (χ1) is 12.0. The van der Waals surface area contributed by atoms with E-state index in [1.54, 1.807) is 12.1 Å². The molecule has 0 aliphatic carbocycles. The summed E-state index contributed by atoms with van der Waals surface area (Å²) in [5, 5.41) is 3.59. The van der Waals surface area contributed by atoms with Gasteiger partial charge in [-0.2, -0.15) is 0 Å². The van der Waals surface area contributed by atoms with Gasteiger partial charge in [-0.25, -0.2) is 4.39 Å². The lowest BCUT2D eigenvalue weighted by Crippen LogP contribution is -3.19. The zero-order valence-electron chi connectivity index (χ0n) is 14.1. The third-order valence-electron chi connectivity index (χ3n) is 4.70. The van der Waals surface area contributed by atoms with E-state index in [0.717, 1.165) is 36.9 Å². The molecule has 132 valence electrons. The van der Waals surface area contributed by atoms with Gasteiger partial charge in [0.15, 0.2) is 6.04 Å². The van der Waals surface area contributed by atoms with Gasteiger partial charge in [-0.15, -0.1) is 0 Å². The molecule has 1 saturated heterocycles. The van der Waals surface area contributed by atoms with Gasteiger partial charge in [0.25, 0.3) is 5.91 Å². The third-order valence-corrected chi connectivity index (χ3v) is 4.93. The van der Waals surface area contributed by atoms with Crippen LogP contribution in [0.1, 0.15) is 6.92 Å². The molecule has 0 bridgehead atoms. The first kappa shape index (κ1) is 17.7. The van der Waals surface area contributed by atoms with Crippen LogP contribution in [0.4, 0.5) is 15.8 Å². The van der Waals surface area contributed by atoms with Crippen molar-refractivity contribution in [1.82, 2.24) is 0 Å². The molecule has 0 saturated carbocycles. The molecule has 1 heterocycles. The van der Waals surface area contributed by atoms with Crippen molar-refractivity contribution >= 4 is 28.9 Å². The Balaban J connectivity index is 1.54. The molecule has 1 aliphatic rings. The summed E-state index contributed by atoms with van der Waals surface area (Å²) in [5.41, 5.74) is 1.74. The van der Waals surface area contributed by atoms with E-state index in [1.807, 2.05) is 25.1 Å². The van der Waals surface area contributed by atoms with Gasteiger partial charge in [-0.05, 0) is 49.4 Å². The van der Waals surface area contributed by atoms with Gasteiger partial charge in [0, 0.05) is 16.4 Å². The van der Waals surface area contributed by atoms with Crippen LogP contribution >= 0.6 is 11.6 Å². The summed E-state index contributed by atoms with van der Waals surface area (Å²) >= 11 is 6.06. The van der Waals surface area contributed by atoms with Crippen LogP contribution in [0.5, 0.6) is 0 Å². The summed E-state index contributed by atoms with van der Waals surface area (Å²) in [6.07, 6.45) is 0. The normalized spacial score (nSPS) is 16.5. The van der Waals surface area contributed by atoms with Gasteiger partial charge >= 0.3 is 0 Å². The molecule has 1 aliphatic heterocycles. The Bertz CT molecular complexity index is 730. The van der Waals surface area contributed by atoms with E-state index in [0.29, 0.717) is 5.69 Å². The molecule has 6 heteroatoms. The fourth-order valence-electron chi connectivity index (χ4n) is 3.13. The topological polar surface area (TPSA) is 36.8 Å². The van der Waals surface area contributed by atoms with E-state index in [9.17, 15) is 9.18 Å². The van der Waals surface area contributed by atoms with Crippen LogP contribution in [0.2, 0.25) is 5.02 Å². The summed E-state index contributed by atoms with van der Waals surface area (Å²) in [6, 6.07) is 13.5. The van der Waals surface area contributed by atoms with E-state index < -0.39 is 0 Å². The summed E-state index contributed by atoms with van der Waals surface area (Å²) in [6.45, 7) is 5.45. The number of nitrogens with one attached hydrogen (secondary N) is 2. The van der Waals surface area contributed by atoms with E-state index in [-0.39, 0.29) is 17.8 Å². The Labute approximate surface area is 152 Å². The highest BCUT2D eigenvalue weighted by Crippen LogP contribution is 2.19. The molecule has 0 unspecified atom stereocenters. The molecule has 2 aromatic carbocycles. The van der Waals surface area contributed by atoms with Gasteiger partial charge in [-0.1, -0.05) is 17.7 Å². The zero-order valence-corrected chi connectivity index (χ0v) is 14.9.